The first kappa shape index (κ1) is 83.6. The topological polar surface area (TPSA) is 9.72 Å². The fourth-order valence-electron chi connectivity index (χ4n) is 26.9. The Balaban J connectivity index is 0.000000192. The zero-order valence-electron chi connectivity index (χ0n) is 60.7. The van der Waals surface area contributed by atoms with E-state index >= 15 is 0 Å². The minimum absolute atomic E-state index is 0. The van der Waals surface area contributed by atoms with Crippen LogP contribution in [-0.4, -0.2) is 88.2 Å². The number of hydrogen-bond acceptors (Lipinski definition) is 3. The van der Waals surface area contributed by atoms with E-state index in [4.69, 9.17) is 51.1 Å². The molecule has 0 aromatic heterocycles. The van der Waals surface area contributed by atoms with Crippen LogP contribution in [0, 0.1) is 129 Å². The van der Waals surface area contributed by atoms with Crippen molar-refractivity contribution >= 4 is 67.2 Å². The maximum absolute atomic E-state index is 4.93. The Bertz CT molecular complexity index is 2060. The van der Waals surface area contributed by atoms with E-state index in [0.717, 1.165) is 147 Å². The predicted molar refractivity (Wildman–Crippen MR) is 394 cm³/mol. The molecule has 3 nitrogen and oxygen atoms in total. The van der Waals surface area contributed by atoms with E-state index < -0.39 is 78.7 Å². The molecule has 15 rings (SSSR count). The molecule has 0 aromatic rings. The van der Waals surface area contributed by atoms with Crippen LogP contribution in [0.25, 0.3) is 0 Å². The summed E-state index contributed by atoms with van der Waals surface area (Å²) in [6.07, 6.45) is 48.3. The molecule has 25 unspecified atom stereocenters. The normalized spacial score (nSPS) is 44.0. The van der Waals surface area contributed by atoms with E-state index in [1.165, 1.54) is 148 Å². The standard InChI is InChI=1S/2C25H44NSi.C17H29N.C6H11.3CH3.6ClH.3Zr/c1-16-13-14-21-20(15-16)23-24(26(21)3)18-10-6-7-11-19(18)25(23)27(4,5)22-12-8-9-17(22)2;1-16-13-14-21-20(15-16)23-18-10-6-7-11-19(18)25(24(23)26(21)3)27(4,5)22-12-8-9-17(22)2;1-11-7-8-16-14(9-11)15-10-12-5-3-4-6-13(12)17(15)18(16)2;1-6-4-2-3-5-6;;;;;;;;;;;;/h2*16,18-25H,6-15H2,1-5H3;11-17H,3-10H2,1-2H3;2-5H2,1H3;3*1H3;6*1H;;;/q2*-1;;4*-1;;;;;;;3*+4/p-6. The van der Waals surface area contributed by atoms with Gasteiger partial charge in [-0.15, -0.1) is 0 Å². The van der Waals surface area contributed by atoms with Gasteiger partial charge in [0.15, 0.2) is 0 Å². The number of halogens is 6. The molecule has 15 aliphatic rings. The van der Waals surface area contributed by atoms with Gasteiger partial charge in [-0.2, -0.15) is 57.5 Å². The van der Waals surface area contributed by atoms with Gasteiger partial charge in [-0.3, -0.25) is 14.7 Å². The quantitative estimate of drug-likeness (QED) is 0.205. The molecule has 14 heteroatoms. The molecule has 3 saturated heterocycles. The molecule has 518 valence electrons. The van der Waals surface area contributed by atoms with Crippen molar-refractivity contribution in [2.75, 3.05) is 21.1 Å². The molecule has 0 bridgehead atoms. The van der Waals surface area contributed by atoms with Gasteiger partial charge in [0, 0.05) is 52.4 Å². The second kappa shape index (κ2) is 38.5. The number of likely N-dealkylation sites (tertiary alicyclic amines) is 3. The first-order valence-corrected chi connectivity index (χ1v) is 62.5. The summed E-state index contributed by atoms with van der Waals surface area (Å²) >= 11 is -2.48. The third-order valence-electron chi connectivity index (χ3n) is 29.8. The molecule has 90 heavy (non-hydrogen) atoms. The van der Waals surface area contributed by atoms with Gasteiger partial charge < -0.3 is 40.0 Å². The van der Waals surface area contributed by atoms with Gasteiger partial charge in [-0.1, -0.05) is 143 Å². The summed E-state index contributed by atoms with van der Waals surface area (Å²) in [6, 6.07) is 5.71. The minimum atomic E-state index is -1.30. The maximum atomic E-state index is 4.93. The van der Waals surface area contributed by atoms with Crippen molar-refractivity contribution in [3.05, 3.63) is 40.0 Å². The predicted octanol–water partition coefficient (Wildman–Crippen LogP) is 25.1. The average molecular weight is 1640 g/mol. The summed E-state index contributed by atoms with van der Waals surface area (Å²) in [7, 11) is 34.6. The SMILES string of the molecule is CC1CCC2C(C1)C1CC3CCCCC3C1N2C.C[C-]1CCCC1.C[C-]1CCCC1[Si](C)(C)C1C2CCCCC2C2C1C1CC(C)CCC1N2C.C[C-]1CCCC1[Si](C)(C)C1C2CCCCC2C2C3CC(C)CCC3N(C)C21.[CH3-].[CH3-].[CH3-].[Cl][Zr+2][Cl].[Cl][Zr+2][Cl].[Cl][Zr+2][Cl]. The van der Waals surface area contributed by atoms with Crippen LogP contribution >= 0.6 is 51.1 Å². The molecule has 12 aliphatic carbocycles. The molecule has 0 aromatic carbocycles. The Morgan fingerprint density at radius 1 is 0.344 bits per heavy atom. The molecule has 3 aliphatic heterocycles. The molecule has 0 N–H and O–H groups in total. The van der Waals surface area contributed by atoms with Crippen LogP contribution < -0.4 is 0 Å². The Kier molecular flexibility index (Phi) is 35.7. The summed E-state index contributed by atoms with van der Waals surface area (Å²) in [4.78, 5) is 8.83. The van der Waals surface area contributed by atoms with Crippen molar-refractivity contribution in [2.45, 2.75) is 332 Å². The van der Waals surface area contributed by atoms with Gasteiger partial charge in [0.05, 0.1) is 0 Å². The Labute approximate surface area is 618 Å². The fourth-order valence-corrected chi connectivity index (χ4v) is 38.4. The average Bonchev–Trinajstić information content (AvgIpc) is 1.70. The van der Waals surface area contributed by atoms with Crippen LogP contribution in [-0.2, 0) is 62.5 Å². The summed E-state index contributed by atoms with van der Waals surface area (Å²) < 4.78 is 0. The summed E-state index contributed by atoms with van der Waals surface area (Å²) in [6.45, 7) is 26.3. The molecule has 15 fully saturated rings. The van der Waals surface area contributed by atoms with Crippen molar-refractivity contribution < 1.29 is 62.5 Å². The third kappa shape index (κ3) is 18.1. The first-order valence-electron chi connectivity index (χ1n) is 37.2. The van der Waals surface area contributed by atoms with Crippen molar-refractivity contribution in [3.63, 3.8) is 0 Å². The molecular weight excluding hydrogens is 1500 g/mol. The first-order chi connectivity index (χ1) is 41.7. The Morgan fingerprint density at radius 2 is 0.722 bits per heavy atom. The van der Waals surface area contributed by atoms with Crippen LogP contribution in [0.5, 0.6) is 0 Å². The van der Waals surface area contributed by atoms with Gasteiger partial charge in [-0.25, -0.2) is 0 Å². The number of rotatable bonds is 4. The molecule has 0 radical (unpaired) electrons. The molecule has 3 heterocycles. The van der Waals surface area contributed by atoms with Crippen molar-refractivity contribution in [1.82, 2.24) is 14.7 Å². The Hall–Kier alpha value is 4.70. The molecule has 0 amide bonds. The Morgan fingerprint density at radius 3 is 1.18 bits per heavy atom. The van der Waals surface area contributed by atoms with Gasteiger partial charge in [0.2, 0.25) is 0 Å². The fraction of sp³-hybridized carbons (Fsp3) is 0.921. The van der Waals surface area contributed by atoms with E-state index in [1.807, 2.05) is 11.8 Å². The van der Waals surface area contributed by atoms with Crippen LogP contribution in [0.2, 0.25) is 48.4 Å². The van der Waals surface area contributed by atoms with E-state index in [2.05, 4.69) is 104 Å². The van der Waals surface area contributed by atoms with Crippen molar-refractivity contribution in [3.8, 4) is 0 Å². The van der Waals surface area contributed by atoms with Crippen LogP contribution in [0.3, 0.4) is 0 Å². The van der Waals surface area contributed by atoms with Crippen molar-refractivity contribution in [2.24, 2.45) is 88.8 Å². The summed E-state index contributed by atoms with van der Waals surface area (Å²) in [5.74, 6) is 21.3. The van der Waals surface area contributed by atoms with Crippen LogP contribution in [0.15, 0.2) is 0 Å². The zero-order chi connectivity index (χ0) is 62.6. The van der Waals surface area contributed by atoms with Gasteiger partial charge in [0.25, 0.3) is 0 Å². The molecular formula is C76H137Cl6N3Si2Zr3. The molecule has 12 saturated carbocycles. The third-order valence-corrected chi connectivity index (χ3v) is 40.0. The van der Waals surface area contributed by atoms with Crippen molar-refractivity contribution in [1.29, 1.82) is 0 Å². The van der Waals surface area contributed by atoms with Gasteiger partial charge >= 0.3 is 114 Å². The molecule has 25 atom stereocenters. The van der Waals surface area contributed by atoms with E-state index in [1.54, 1.807) is 63.7 Å². The molecule has 0 spiro atoms. The second-order valence-electron chi connectivity index (χ2n) is 34.6. The number of hydrogen-bond donors (Lipinski definition) is 0. The van der Waals surface area contributed by atoms with Gasteiger partial charge in [-0.05, 0) is 204 Å². The summed E-state index contributed by atoms with van der Waals surface area (Å²) in [5.41, 5.74) is 4.26. The zero-order valence-corrected chi connectivity index (χ0v) is 74.6. The number of nitrogens with zero attached hydrogens (tertiary/aromatic N) is 3. The van der Waals surface area contributed by atoms with Gasteiger partial charge in [0.1, 0.15) is 0 Å². The summed E-state index contributed by atoms with van der Waals surface area (Å²) in [5, 5.41) is 0. The van der Waals surface area contributed by atoms with E-state index in [-0.39, 0.29) is 22.3 Å². The van der Waals surface area contributed by atoms with E-state index in [9.17, 15) is 0 Å². The number of fused-ring (bicyclic) bond motifs is 15. The van der Waals surface area contributed by atoms with Crippen LogP contribution in [0.1, 0.15) is 247 Å². The monoisotopic (exact) mass is 1630 g/mol. The van der Waals surface area contributed by atoms with E-state index in [0.29, 0.717) is 0 Å². The van der Waals surface area contributed by atoms with Crippen LogP contribution in [0.4, 0.5) is 0 Å². The second-order valence-corrected chi connectivity index (χ2v) is 55.8.